The van der Waals surface area contributed by atoms with Gasteiger partial charge in [-0.2, -0.15) is 5.10 Å². The number of methoxy groups -OCH3 is 1. The van der Waals surface area contributed by atoms with E-state index in [4.69, 9.17) is 27.9 Å². The molecule has 0 N–H and O–H groups in total. The standard InChI is InChI=1S/C16H14Cl2N2O4/c1-9-11(8-21)16(20(2)19-9)24-14-6-10(4-5-15(22)23-3)12(17)7-13(14)18/h4-8H,1-3H3. The minimum absolute atomic E-state index is 0.255. The number of aldehydes is 1. The number of nitrogens with zero attached hydrogens (tertiary/aromatic N) is 2. The Labute approximate surface area is 148 Å². The highest BCUT2D eigenvalue weighted by Gasteiger charge is 2.17. The first-order valence-electron chi connectivity index (χ1n) is 6.79. The number of carbonyl (C=O) groups is 2. The zero-order chi connectivity index (χ0) is 17.9. The van der Waals surface area contributed by atoms with Gasteiger partial charge in [-0.15, -0.1) is 0 Å². The van der Waals surface area contributed by atoms with Crippen molar-refractivity contribution in [1.29, 1.82) is 0 Å². The van der Waals surface area contributed by atoms with Crippen LogP contribution in [0.25, 0.3) is 6.08 Å². The normalized spacial score (nSPS) is 10.9. The number of hydrogen-bond donors (Lipinski definition) is 0. The van der Waals surface area contributed by atoms with Crippen molar-refractivity contribution in [1.82, 2.24) is 9.78 Å². The van der Waals surface area contributed by atoms with Crippen molar-refractivity contribution in [2.24, 2.45) is 7.05 Å². The van der Waals surface area contributed by atoms with Crippen molar-refractivity contribution in [3.8, 4) is 11.6 Å². The smallest absolute Gasteiger partial charge is 0.330 e. The molecule has 0 atom stereocenters. The van der Waals surface area contributed by atoms with Gasteiger partial charge in [-0.05, 0) is 30.7 Å². The summed E-state index contributed by atoms with van der Waals surface area (Å²) in [6, 6.07) is 3.04. The second-order valence-corrected chi connectivity index (χ2v) is 5.62. The zero-order valence-electron chi connectivity index (χ0n) is 13.2. The highest BCUT2D eigenvalue weighted by molar-refractivity contribution is 6.36. The molecule has 1 heterocycles. The number of ether oxygens (including phenoxy) is 2. The topological polar surface area (TPSA) is 70.4 Å². The minimum atomic E-state index is -0.519. The van der Waals surface area contributed by atoms with Crippen LogP contribution in [0.2, 0.25) is 10.0 Å². The predicted molar refractivity (Wildman–Crippen MR) is 90.9 cm³/mol. The molecule has 1 aromatic heterocycles. The number of esters is 1. The molecule has 0 saturated carbocycles. The molecule has 0 fully saturated rings. The molecule has 0 bridgehead atoms. The lowest BCUT2D eigenvalue weighted by Gasteiger charge is -2.10. The fraction of sp³-hybridized carbons (Fsp3) is 0.188. The minimum Gasteiger partial charge on any atom is -0.466 e. The Balaban J connectivity index is 2.43. The molecule has 126 valence electrons. The van der Waals surface area contributed by atoms with E-state index in [1.54, 1.807) is 20.0 Å². The van der Waals surface area contributed by atoms with Crippen LogP contribution in [0, 0.1) is 6.92 Å². The van der Waals surface area contributed by atoms with Crippen LogP contribution in [0.3, 0.4) is 0 Å². The Bertz CT molecular complexity index is 828. The lowest BCUT2D eigenvalue weighted by atomic mass is 10.2. The zero-order valence-corrected chi connectivity index (χ0v) is 14.7. The van der Waals surface area contributed by atoms with Gasteiger partial charge in [0.2, 0.25) is 5.88 Å². The van der Waals surface area contributed by atoms with E-state index in [0.717, 1.165) is 0 Å². The highest BCUT2D eigenvalue weighted by atomic mass is 35.5. The molecule has 0 amide bonds. The van der Waals surface area contributed by atoms with E-state index >= 15 is 0 Å². The van der Waals surface area contributed by atoms with Gasteiger partial charge < -0.3 is 9.47 Å². The fourth-order valence-electron chi connectivity index (χ4n) is 1.99. The van der Waals surface area contributed by atoms with Crippen LogP contribution in [0.5, 0.6) is 11.6 Å². The average Bonchev–Trinajstić information content (AvgIpc) is 2.81. The Hall–Kier alpha value is -2.31. The maximum Gasteiger partial charge on any atom is 0.330 e. The third kappa shape index (κ3) is 3.77. The van der Waals surface area contributed by atoms with Crippen LogP contribution in [-0.4, -0.2) is 29.1 Å². The molecular weight excluding hydrogens is 355 g/mol. The van der Waals surface area contributed by atoms with E-state index in [0.29, 0.717) is 28.1 Å². The largest absolute Gasteiger partial charge is 0.466 e. The van der Waals surface area contributed by atoms with Crippen molar-refractivity contribution >= 4 is 41.5 Å². The second kappa shape index (κ2) is 7.51. The van der Waals surface area contributed by atoms with E-state index in [1.807, 2.05) is 0 Å². The predicted octanol–water partition coefficient (Wildman–Crippen LogP) is 3.83. The molecule has 0 saturated heterocycles. The molecule has 0 unspecified atom stereocenters. The molecule has 8 heteroatoms. The number of aromatic nitrogens is 2. The maximum atomic E-state index is 11.2. The van der Waals surface area contributed by atoms with E-state index in [2.05, 4.69) is 9.84 Å². The van der Waals surface area contributed by atoms with Gasteiger partial charge in [-0.3, -0.25) is 4.79 Å². The first-order valence-corrected chi connectivity index (χ1v) is 7.54. The summed E-state index contributed by atoms with van der Waals surface area (Å²) in [5, 5.41) is 4.73. The van der Waals surface area contributed by atoms with Gasteiger partial charge in [0.15, 0.2) is 6.29 Å². The molecule has 0 spiro atoms. The number of carbonyl (C=O) groups excluding carboxylic acids is 2. The summed E-state index contributed by atoms with van der Waals surface area (Å²) in [5.74, 6) is 0.0142. The van der Waals surface area contributed by atoms with E-state index in [1.165, 1.54) is 30.0 Å². The summed E-state index contributed by atoms with van der Waals surface area (Å²) >= 11 is 12.3. The van der Waals surface area contributed by atoms with E-state index in [9.17, 15) is 9.59 Å². The fourth-order valence-corrected chi connectivity index (χ4v) is 2.48. The van der Waals surface area contributed by atoms with Crippen LogP contribution >= 0.6 is 23.2 Å². The summed E-state index contributed by atoms with van der Waals surface area (Å²) < 4.78 is 11.7. The maximum absolute atomic E-state index is 11.2. The van der Waals surface area contributed by atoms with Crippen molar-refractivity contribution in [2.45, 2.75) is 6.92 Å². The summed E-state index contributed by atoms with van der Waals surface area (Å²) in [5.41, 5.74) is 1.38. The van der Waals surface area contributed by atoms with Gasteiger partial charge in [0.1, 0.15) is 5.75 Å². The van der Waals surface area contributed by atoms with Crippen LogP contribution in [0.4, 0.5) is 0 Å². The van der Waals surface area contributed by atoms with Crippen LogP contribution in [-0.2, 0) is 16.6 Å². The van der Waals surface area contributed by atoms with E-state index in [-0.39, 0.29) is 16.7 Å². The number of aryl methyl sites for hydroxylation is 2. The molecule has 24 heavy (non-hydrogen) atoms. The van der Waals surface area contributed by atoms with Crippen molar-refractivity contribution in [3.63, 3.8) is 0 Å². The molecule has 0 aliphatic heterocycles. The Morgan fingerprint density at radius 1 is 1.29 bits per heavy atom. The lowest BCUT2D eigenvalue weighted by molar-refractivity contribution is -0.134. The number of hydrogen-bond acceptors (Lipinski definition) is 5. The van der Waals surface area contributed by atoms with Gasteiger partial charge in [-0.1, -0.05) is 23.2 Å². The van der Waals surface area contributed by atoms with Gasteiger partial charge in [0.25, 0.3) is 0 Å². The van der Waals surface area contributed by atoms with Gasteiger partial charge in [-0.25, -0.2) is 9.48 Å². The first kappa shape index (κ1) is 18.0. The highest BCUT2D eigenvalue weighted by Crippen LogP contribution is 2.36. The van der Waals surface area contributed by atoms with Crippen LogP contribution < -0.4 is 4.74 Å². The lowest BCUT2D eigenvalue weighted by Crippen LogP contribution is -1.98. The van der Waals surface area contributed by atoms with E-state index < -0.39 is 5.97 Å². The molecule has 2 aromatic rings. The number of halogens is 2. The summed E-state index contributed by atoms with van der Waals surface area (Å²) in [6.07, 6.45) is 3.37. The molecule has 0 aliphatic carbocycles. The average molecular weight is 369 g/mol. The quantitative estimate of drug-likeness (QED) is 0.455. The SMILES string of the molecule is COC(=O)C=Cc1cc(Oc2c(C=O)c(C)nn2C)c(Cl)cc1Cl. The summed E-state index contributed by atoms with van der Waals surface area (Å²) in [4.78, 5) is 22.4. The second-order valence-electron chi connectivity index (χ2n) is 4.81. The molecule has 2 rings (SSSR count). The van der Waals surface area contributed by atoms with Gasteiger partial charge in [0, 0.05) is 18.1 Å². The van der Waals surface area contributed by atoms with Gasteiger partial charge >= 0.3 is 5.97 Å². The Morgan fingerprint density at radius 3 is 2.62 bits per heavy atom. The first-order chi connectivity index (χ1) is 11.4. The Kier molecular flexibility index (Phi) is 5.64. The molecule has 6 nitrogen and oxygen atoms in total. The molecule has 0 radical (unpaired) electrons. The van der Waals surface area contributed by atoms with Crippen LogP contribution in [0.15, 0.2) is 18.2 Å². The number of benzene rings is 1. The van der Waals surface area contributed by atoms with Crippen molar-refractivity contribution < 1.29 is 19.1 Å². The Morgan fingerprint density at radius 2 is 2.00 bits per heavy atom. The monoisotopic (exact) mass is 368 g/mol. The van der Waals surface area contributed by atoms with Gasteiger partial charge in [0.05, 0.1) is 23.4 Å². The molecule has 0 aliphatic rings. The summed E-state index contributed by atoms with van der Waals surface area (Å²) in [6.45, 7) is 1.70. The van der Waals surface area contributed by atoms with Crippen molar-refractivity contribution in [2.75, 3.05) is 7.11 Å². The third-order valence-electron chi connectivity index (χ3n) is 3.19. The molecular formula is C16H14Cl2N2O4. The van der Waals surface area contributed by atoms with Crippen LogP contribution in [0.1, 0.15) is 21.6 Å². The summed E-state index contributed by atoms with van der Waals surface area (Å²) in [7, 11) is 2.92. The third-order valence-corrected chi connectivity index (χ3v) is 3.81. The number of rotatable bonds is 5. The van der Waals surface area contributed by atoms with Crippen molar-refractivity contribution in [3.05, 3.63) is 45.1 Å². The molecule has 1 aromatic carbocycles.